The summed E-state index contributed by atoms with van der Waals surface area (Å²) >= 11 is 0. The molecule has 1 fully saturated rings. The first-order valence-corrected chi connectivity index (χ1v) is 5.67. The average molecular weight is 236 g/mol. The Bertz CT molecular complexity index is 377. The third-order valence-electron chi connectivity index (χ3n) is 2.50. The number of aryl methyl sites for hydroxylation is 1. The highest BCUT2D eigenvalue weighted by Crippen LogP contribution is 2.15. The van der Waals surface area contributed by atoms with E-state index in [1.54, 1.807) is 12.1 Å². The molecule has 0 aliphatic carbocycles. The molecule has 0 radical (unpaired) electrons. The van der Waals surface area contributed by atoms with Crippen LogP contribution in [0.15, 0.2) is 24.3 Å². The Hall–Kier alpha value is -1.39. The predicted octanol–water partition coefficient (Wildman–Crippen LogP) is 1.91. The Balaban J connectivity index is 1.90. The molecule has 0 aromatic heterocycles. The largest absolute Gasteiger partial charge is 0.423 e. The van der Waals surface area contributed by atoms with E-state index < -0.39 is 12.3 Å². The number of carbonyl (C=O) groups excluding carboxylic acids is 1. The Kier molecular flexibility index (Phi) is 3.76. The average Bonchev–Trinajstić information content (AvgIpc) is 2.33. The minimum Gasteiger partial charge on any atom is -0.423 e. The van der Waals surface area contributed by atoms with Gasteiger partial charge in [-0.05, 0) is 19.1 Å². The van der Waals surface area contributed by atoms with Crippen LogP contribution in [-0.2, 0) is 14.3 Å². The number of carbonyl (C=O) groups is 1. The van der Waals surface area contributed by atoms with E-state index in [1.807, 2.05) is 26.0 Å². The first kappa shape index (κ1) is 12.1. The molecule has 17 heavy (non-hydrogen) atoms. The zero-order chi connectivity index (χ0) is 12.3. The van der Waals surface area contributed by atoms with Crippen LogP contribution < -0.4 is 4.74 Å². The van der Waals surface area contributed by atoms with Gasteiger partial charge in [0.05, 0.1) is 13.2 Å². The van der Waals surface area contributed by atoms with E-state index in [0.29, 0.717) is 24.9 Å². The highest BCUT2D eigenvalue weighted by atomic mass is 16.7. The molecule has 1 heterocycles. The summed E-state index contributed by atoms with van der Waals surface area (Å²) in [6, 6.07) is 7.26. The van der Waals surface area contributed by atoms with Gasteiger partial charge in [-0.2, -0.15) is 0 Å². The van der Waals surface area contributed by atoms with Gasteiger partial charge in [0, 0.05) is 5.92 Å². The molecule has 0 amide bonds. The summed E-state index contributed by atoms with van der Waals surface area (Å²) in [7, 11) is 0. The first-order valence-electron chi connectivity index (χ1n) is 5.67. The van der Waals surface area contributed by atoms with Crippen molar-refractivity contribution >= 4 is 5.97 Å². The molecule has 0 atom stereocenters. The Labute approximate surface area is 100 Å². The predicted molar refractivity (Wildman–Crippen MR) is 61.7 cm³/mol. The molecule has 4 nitrogen and oxygen atoms in total. The second kappa shape index (κ2) is 5.29. The van der Waals surface area contributed by atoms with Crippen molar-refractivity contribution in [3.05, 3.63) is 29.8 Å². The maximum Gasteiger partial charge on any atom is 0.368 e. The Morgan fingerprint density at radius 3 is 2.41 bits per heavy atom. The van der Waals surface area contributed by atoms with Crippen molar-refractivity contribution in [3.8, 4) is 5.75 Å². The van der Waals surface area contributed by atoms with E-state index >= 15 is 0 Å². The SMILES string of the molecule is Cc1ccc(OC(=O)C2OCC(C)CO2)cc1. The molecule has 1 saturated heterocycles. The first-order chi connectivity index (χ1) is 8.15. The lowest BCUT2D eigenvalue weighted by molar-refractivity contribution is -0.213. The molecule has 92 valence electrons. The van der Waals surface area contributed by atoms with E-state index in [-0.39, 0.29) is 0 Å². The van der Waals surface area contributed by atoms with Crippen LogP contribution >= 0.6 is 0 Å². The lowest BCUT2D eigenvalue weighted by Crippen LogP contribution is -2.38. The molecule has 0 unspecified atom stereocenters. The van der Waals surface area contributed by atoms with E-state index in [9.17, 15) is 4.79 Å². The van der Waals surface area contributed by atoms with Crippen LogP contribution in [0.5, 0.6) is 5.75 Å². The molecule has 2 rings (SSSR count). The summed E-state index contributed by atoms with van der Waals surface area (Å²) in [6.07, 6.45) is -0.896. The van der Waals surface area contributed by atoms with Gasteiger partial charge in [-0.15, -0.1) is 0 Å². The fourth-order valence-electron chi connectivity index (χ4n) is 1.51. The highest BCUT2D eigenvalue weighted by molar-refractivity contribution is 5.75. The molecule has 1 aliphatic heterocycles. The molecular formula is C13H16O4. The van der Waals surface area contributed by atoms with E-state index in [4.69, 9.17) is 14.2 Å². The van der Waals surface area contributed by atoms with E-state index in [0.717, 1.165) is 5.56 Å². The second-order valence-electron chi connectivity index (χ2n) is 4.34. The van der Waals surface area contributed by atoms with Crippen LogP contribution in [0.3, 0.4) is 0 Å². The van der Waals surface area contributed by atoms with Gasteiger partial charge in [0.2, 0.25) is 0 Å². The number of esters is 1. The number of benzene rings is 1. The standard InChI is InChI=1S/C13H16O4/c1-9-3-5-11(6-4-9)17-12(14)13-15-7-10(2)8-16-13/h3-6,10,13H,7-8H2,1-2H3. The fraction of sp³-hybridized carbons (Fsp3) is 0.462. The Morgan fingerprint density at radius 1 is 1.24 bits per heavy atom. The van der Waals surface area contributed by atoms with Crippen LogP contribution in [0.1, 0.15) is 12.5 Å². The van der Waals surface area contributed by atoms with Crippen molar-refractivity contribution in [2.24, 2.45) is 5.92 Å². The van der Waals surface area contributed by atoms with Gasteiger partial charge >= 0.3 is 5.97 Å². The van der Waals surface area contributed by atoms with Crippen molar-refractivity contribution in [1.29, 1.82) is 0 Å². The van der Waals surface area contributed by atoms with Crippen LogP contribution in [-0.4, -0.2) is 25.5 Å². The number of rotatable bonds is 2. The van der Waals surface area contributed by atoms with Gasteiger partial charge in [0.15, 0.2) is 0 Å². The zero-order valence-electron chi connectivity index (χ0n) is 10.0. The molecular weight excluding hydrogens is 220 g/mol. The van der Waals surface area contributed by atoms with Gasteiger partial charge in [-0.1, -0.05) is 24.6 Å². The van der Waals surface area contributed by atoms with Crippen molar-refractivity contribution < 1.29 is 19.0 Å². The summed E-state index contributed by atoms with van der Waals surface area (Å²) in [4.78, 5) is 11.7. The van der Waals surface area contributed by atoms with Crippen LogP contribution in [0, 0.1) is 12.8 Å². The molecule has 0 saturated carbocycles. The van der Waals surface area contributed by atoms with Gasteiger partial charge in [0.25, 0.3) is 6.29 Å². The summed E-state index contributed by atoms with van der Waals surface area (Å²) in [6.45, 7) is 5.02. The fourth-order valence-corrected chi connectivity index (χ4v) is 1.51. The number of hydrogen-bond acceptors (Lipinski definition) is 4. The smallest absolute Gasteiger partial charge is 0.368 e. The Morgan fingerprint density at radius 2 is 1.82 bits per heavy atom. The molecule has 1 aromatic carbocycles. The summed E-state index contributed by atoms with van der Waals surface area (Å²) in [5, 5.41) is 0. The minimum absolute atomic E-state index is 0.318. The van der Waals surface area contributed by atoms with Gasteiger partial charge < -0.3 is 14.2 Å². The zero-order valence-corrected chi connectivity index (χ0v) is 10.0. The second-order valence-corrected chi connectivity index (χ2v) is 4.34. The van der Waals surface area contributed by atoms with Crippen LogP contribution in [0.25, 0.3) is 0 Å². The minimum atomic E-state index is -0.896. The third-order valence-corrected chi connectivity index (χ3v) is 2.50. The molecule has 1 aromatic rings. The summed E-state index contributed by atoms with van der Waals surface area (Å²) < 4.78 is 15.7. The van der Waals surface area contributed by atoms with Crippen molar-refractivity contribution in [1.82, 2.24) is 0 Å². The van der Waals surface area contributed by atoms with Gasteiger partial charge in [0.1, 0.15) is 5.75 Å². The maximum absolute atomic E-state index is 11.7. The number of hydrogen-bond donors (Lipinski definition) is 0. The summed E-state index contributed by atoms with van der Waals surface area (Å²) in [5.74, 6) is 0.325. The van der Waals surface area contributed by atoms with Crippen molar-refractivity contribution in [2.75, 3.05) is 13.2 Å². The molecule has 4 heteroatoms. The molecule has 0 bridgehead atoms. The maximum atomic E-state index is 11.7. The monoisotopic (exact) mass is 236 g/mol. The molecule has 1 aliphatic rings. The highest BCUT2D eigenvalue weighted by Gasteiger charge is 2.27. The van der Waals surface area contributed by atoms with Crippen molar-refractivity contribution in [3.63, 3.8) is 0 Å². The lowest BCUT2D eigenvalue weighted by atomic mass is 10.2. The normalized spacial score (nSPS) is 24.4. The van der Waals surface area contributed by atoms with Crippen LogP contribution in [0.2, 0.25) is 0 Å². The molecule has 0 N–H and O–H groups in total. The van der Waals surface area contributed by atoms with E-state index in [1.165, 1.54) is 0 Å². The van der Waals surface area contributed by atoms with Gasteiger partial charge in [-0.3, -0.25) is 0 Å². The topological polar surface area (TPSA) is 44.8 Å². The molecule has 0 spiro atoms. The third kappa shape index (κ3) is 3.28. The van der Waals surface area contributed by atoms with Crippen LogP contribution in [0.4, 0.5) is 0 Å². The van der Waals surface area contributed by atoms with Crippen molar-refractivity contribution in [2.45, 2.75) is 20.1 Å². The van der Waals surface area contributed by atoms with E-state index in [2.05, 4.69) is 0 Å². The summed E-state index contributed by atoms with van der Waals surface area (Å²) in [5.41, 5.74) is 1.11. The lowest BCUT2D eigenvalue weighted by Gasteiger charge is -2.25. The van der Waals surface area contributed by atoms with Gasteiger partial charge in [-0.25, -0.2) is 4.79 Å². The number of ether oxygens (including phenoxy) is 3. The quantitative estimate of drug-likeness (QED) is 0.581.